The van der Waals surface area contributed by atoms with Crippen LogP contribution in [0.25, 0.3) is 0 Å². The fraction of sp³-hybridized carbons (Fsp3) is 1.00. The zero-order valence-electron chi connectivity index (χ0n) is 9.95. The maximum absolute atomic E-state index is 5.64. The predicted octanol–water partition coefficient (Wildman–Crippen LogP) is 2.29. The molecule has 0 aromatic carbocycles. The molecule has 0 amide bonds. The highest BCUT2D eigenvalue weighted by molar-refractivity contribution is 4.52. The third-order valence-corrected chi connectivity index (χ3v) is 1.74. The van der Waals surface area contributed by atoms with Crippen LogP contribution >= 0.6 is 0 Å². The Hall–Kier alpha value is -0.120. The molecule has 0 bridgehead atoms. The van der Waals surface area contributed by atoms with E-state index >= 15 is 0 Å². The van der Waals surface area contributed by atoms with E-state index in [2.05, 4.69) is 0 Å². The summed E-state index contributed by atoms with van der Waals surface area (Å²) in [4.78, 5) is 0. The van der Waals surface area contributed by atoms with Gasteiger partial charge in [-0.05, 0) is 53.5 Å². The minimum absolute atomic E-state index is 0.0680. The lowest BCUT2D eigenvalue weighted by Crippen LogP contribution is -2.24. The summed E-state index contributed by atoms with van der Waals surface area (Å²) in [6.07, 6.45) is 3.42. The molecule has 0 saturated heterocycles. The Morgan fingerprint density at radius 3 is 1.79 bits per heavy atom. The molecule has 0 atom stereocenters. The van der Waals surface area contributed by atoms with Gasteiger partial charge in [-0.2, -0.15) is 0 Å². The fourth-order valence-electron chi connectivity index (χ4n) is 1.23. The quantitative estimate of drug-likeness (QED) is 0.486. The molecule has 0 rings (SSSR count). The fourth-order valence-corrected chi connectivity index (χ4v) is 1.23. The molecule has 0 aliphatic rings. The molecule has 0 aliphatic heterocycles. The second kappa shape index (κ2) is 8.21. The minimum Gasteiger partial charge on any atom is -0.350 e. The summed E-state index contributed by atoms with van der Waals surface area (Å²) in [5.74, 6) is 0. The van der Waals surface area contributed by atoms with Crippen LogP contribution < -0.4 is 5.73 Å². The van der Waals surface area contributed by atoms with Gasteiger partial charge in [0.1, 0.15) is 0 Å². The van der Waals surface area contributed by atoms with Crippen molar-refractivity contribution in [3.8, 4) is 0 Å². The molecule has 3 heteroatoms. The molecular weight excluding hydrogens is 178 g/mol. The number of nitrogens with two attached hydrogens (primary N) is 1. The third-order valence-electron chi connectivity index (χ3n) is 1.74. The second-order valence-corrected chi connectivity index (χ2v) is 4.08. The lowest BCUT2D eigenvalue weighted by molar-refractivity contribution is -0.184. The van der Waals surface area contributed by atoms with Crippen molar-refractivity contribution in [2.75, 3.05) is 6.54 Å². The first-order chi connectivity index (χ1) is 6.56. The molecule has 3 nitrogen and oxygen atoms in total. The Morgan fingerprint density at radius 1 is 0.929 bits per heavy atom. The molecule has 0 aliphatic carbocycles. The van der Waals surface area contributed by atoms with Gasteiger partial charge in [-0.3, -0.25) is 0 Å². The van der Waals surface area contributed by atoms with Gasteiger partial charge >= 0.3 is 0 Å². The van der Waals surface area contributed by atoms with Crippen molar-refractivity contribution in [1.29, 1.82) is 0 Å². The van der Waals surface area contributed by atoms with Crippen molar-refractivity contribution in [3.05, 3.63) is 0 Å². The van der Waals surface area contributed by atoms with Crippen LogP contribution in [-0.4, -0.2) is 25.0 Å². The Labute approximate surface area is 88.0 Å². The summed E-state index contributed by atoms with van der Waals surface area (Å²) < 4.78 is 11.3. The van der Waals surface area contributed by atoms with Gasteiger partial charge in [0, 0.05) is 0 Å². The molecule has 0 unspecified atom stereocenters. The van der Waals surface area contributed by atoms with Crippen LogP contribution in [0.15, 0.2) is 0 Å². The van der Waals surface area contributed by atoms with Gasteiger partial charge in [0.2, 0.25) is 0 Å². The largest absolute Gasteiger partial charge is 0.350 e. The van der Waals surface area contributed by atoms with E-state index in [1.165, 1.54) is 0 Å². The zero-order valence-corrected chi connectivity index (χ0v) is 9.95. The summed E-state index contributed by atoms with van der Waals surface area (Å²) in [5, 5.41) is 0. The second-order valence-electron chi connectivity index (χ2n) is 4.08. The maximum atomic E-state index is 5.64. The Morgan fingerprint density at radius 2 is 1.43 bits per heavy atom. The van der Waals surface area contributed by atoms with Crippen molar-refractivity contribution >= 4 is 0 Å². The smallest absolute Gasteiger partial charge is 0.158 e. The lowest BCUT2D eigenvalue weighted by atomic mass is 10.2. The maximum Gasteiger partial charge on any atom is 0.158 e. The average Bonchev–Trinajstić information content (AvgIpc) is 2.02. The van der Waals surface area contributed by atoms with Crippen LogP contribution in [-0.2, 0) is 9.47 Å². The highest BCUT2D eigenvalue weighted by atomic mass is 16.7. The Bertz CT molecular complexity index is 116. The molecule has 0 saturated carbocycles. The Balaban J connectivity index is 3.72. The van der Waals surface area contributed by atoms with Crippen LogP contribution in [0.2, 0.25) is 0 Å². The zero-order chi connectivity index (χ0) is 11.0. The van der Waals surface area contributed by atoms with E-state index in [9.17, 15) is 0 Å². The molecule has 86 valence electrons. The van der Waals surface area contributed by atoms with Gasteiger partial charge in [0.15, 0.2) is 6.29 Å². The molecule has 0 aromatic rings. The van der Waals surface area contributed by atoms with Crippen molar-refractivity contribution < 1.29 is 9.47 Å². The van der Waals surface area contributed by atoms with Gasteiger partial charge in [-0.25, -0.2) is 0 Å². The van der Waals surface area contributed by atoms with Crippen molar-refractivity contribution in [2.45, 2.75) is 65.5 Å². The van der Waals surface area contributed by atoms with E-state index in [1.54, 1.807) is 0 Å². The van der Waals surface area contributed by atoms with Gasteiger partial charge in [-0.1, -0.05) is 0 Å². The van der Waals surface area contributed by atoms with Crippen LogP contribution in [0.4, 0.5) is 0 Å². The first-order valence-electron chi connectivity index (χ1n) is 5.57. The summed E-state index contributed by atoms with van der Waals surface area (Å²) in [6, 6.07) is 0. The van der Waals surface area contributed by atoms with Crippen LogP contribution in [0.3, 0.4) is 0 Å². The number of unbranched alkanes of at least 4 members (excludes halogenated alkanes) is 1. The molecule has 0 spiro atoms. The average molecular weight is 203 g/mol. The highest BCUT2D eigenvalue weighted by Crippen LogP contribution is 2.11. The monoisotopic (exact) mass is 203 g/mol. The molecule has 0 radical (unpaired) electrons. The molecule has 0 fully saturated rings. The van der Waals surface area contributed by atoms with Gasteiger partial charge < -0.3 is 15.2 Å². The van der Waals surface area contributed by atoms with Crippen LogP contribution in [0.1, 0.15) is 47.0 Å². The molecule has 0 aromatic heterocycles. The first kappa shape index (κ1) is 13.9. The molecule has 2 N–H and O–H groups in total. The highest BCUT2D eigenvalue weighted by Gasteiger charge is 2.12. The summed E-state index contributed by atoms with van der Waals surface area (Å²) in [7, 11) is 0. The van der Waals surface area contributed by atoms with Crippen molar-refractivity contribution in [2.24, 2.45) is 5.73 Å². The van der Waals surface area contributed by atoms with E-state index in [-0.39, 0.29) is 18.5 Å². The molecule has 0 heterocycles. The summed E-state index contributed by atoms with van der Waals surface area (Å²) in [5.41, 5.74) is 5.44. The van der Waals surface area contributed by atoms with E-state index in [0.717, 1.165) is 25.8 Å². The number of rotatable bonds is 8. The van der Waals surface area contributed by atoms with E-state index < -0.39 is 0 Å². The van der Waals surface area contributed by atoms with Crippen LogP contribution in [0, 0.1) is 0 Å². The lowest BCUT2D eigenvalue weighted by Gasteiger charge is -2.22. The van der Waals surface area contributed by atoms with E-state index in [1.807, 2.05) is 27.7 Å². The number of hydrogen-bond donors (Lipinski definition) is 1. The number of hydrogen-bond acceptors (Lipinski definition) is 3. The predicted molar refractivity (Wildman–Crippen MR) is 59.1 cm³/mol. The molecular formula is C11H25NO2. The van der Waals surface area contributed by atoms with Crippen molar-refractivity contribution in [3.63, 3.8) is 0 Å². The summed E-state index contributed by atoms with van der Waals surface area (Å²) in [6.45, 7) is 8.86. The van der Waals surface area contributed by atoms with Crippen molar-refractivity contribution in [1.82, 2.24) is 0 Å². The minimum atomic E-state index is -0.0680. The SMILES string of the molecule is CC(C)OC(CCCCN)OC(C)C. The van der Waals surface area contributed by atoms with Gasteiger partial charge in [0.05, 0.1) is 12.2 Å². The topological polar surface area (TPSA) is 44.5 Å². The standard InChI is InChI=1S/C11H25NO2/c1-9(2)13-11(14-10(3)4)7-5-6-8-12/h9-11H,5-8,12H2,1-4H3. The van der Waals surface area contributed by atoms with Gasteiger partial charge in [0.25, 0.3) is 0 Å². The molecule has 14 heavy (non-hydrogen) atoms. The number of ether oxygens (including phenoxy) is 2. The van der Waals surface area contributed by atoms with E-state index in [4.69, 9.17) is 15.2 Å². The summed E-state index contributed by atoms with van der Waals surface area (Å²) >= 11 is 0. The van der Waals surface area contributed by atoms with Gasteiger partial charge in [-0.15, -0.1) is 0 Å². The first-order valence-corrected chi connectivity index (χ1v) is 5.57. The van der Waals surface area contributed by atoms with E-state index in [0.29, 0.717) is 0 Å². The normalized spacial score (nSPS) is 12.0. The third kappa shape index (κ3) is 8.48. The Kier molecular flexibility index (Phi) is 8.14. The van der Waals surface area contributed by atoms with Crippen LogP contribution in [0.5, 0.6) is 0 Å².